The van der Waals surface area contributed by atoms with E-state index in [1.807, 2.05) is 12.1 Å². The van der Waals surface area contributed by atoms with Crippen LogP contribution in [-0.2, 0) is 44.1 Å². The van der Waals surface area contributed by atoms with Gasteiger partial charge in [-0.05, 0) is 48.9 Å². The van der Waals surface area contributed by atoms with Crippen molar-refractivity contribution in [2.75, 3.05) is 0 Å². The average molecular weight is 522 g/mol. The maximum atomic E-state index is 11.6. The Morgan fingerprint density at radius 1 is 0.667 bits per heavy atom. The van der Waals surface area contributed by atoms with Crippen molar-refractivity contribution in [2.45, 2.75) is 121 Å². The first-order chi connectivity index (χ1) is 13.9. The van der Waals surface area contributed by atoms with Crippen molar-refractivity contribution < 1.29 is 29.3 Å². The Morgan fingerprint density at radius 2 is 1.03 bits per heavy atom. The maximum absolute atomic E-state index is 11.6. The summed E-state index contributed by atoms with van der Waals surface area (Å²) in [5, 5.41) is 0. The topological polar surface area (TPSA) is 46.1 Å². The molecular weight excluding hydrogens is 481 g/mol. The van der Waals surface area contributed by atoms with Crippen molar-refractivity contribution in [2.24, 2.45) is 0 Å². The molecule has 1 aromatic carbocycles. The second-order valence-electron chi connectivity index (χ2n) is 8.27. The minimum atomic E-state index is -3.77. The van der Waals surface area contributed by atoms with Crippen LogP contribution in [0.5, 0.6) is 0 Å². The zero-order valence-corrected chi connectivity index (χ0v) is 24.8. The van der Waals surface area contributed by atoms with Crippen molar-refractivity contribution in [3.8, 4) is 0 Å². The SMILES string of the molecule is CCCCCCCCCc1cc(CCCCCCCCC)cc(SP([O-])([O-])=S)c1.[Zn+2]. The van der Waals surface area contributed by atoms with E-state index in [9.17, 15) is 9.79 Å². The van der Waals surface area contributed by atoms with Gasteiger partial charge in [-0.25, -0.2) is 0 Å². The van der Waals surface area contributed by atoms with Gasteiger partial charge in [0.2, 0.25) is 0 Å². The van der Waals surface area contributed by atoms with Gasteiger partial charge < -0.3 is 9.79 Å². The van der Waals surface area contributed by atoms with E-state index >= 15 is 0 Å². The van der Waals surface area contributed by atoms with Gasteiger partial charge >= 0.3 is 19.5 Å². The molecule has 0 aliphatic heterocycles. The van der Waals surface area contributed by atoms with E-state index in [4.69, 9.17) is 0 Å². The monoisotopic (exact) mass is 520 g/mol. The minimum absolute atomic E-state index is 0. The summed E-state index contributed by atoms with van der Waals surface area (Å²) < 4.78 is 0. The first-order valence-corrected chi connectivity index (χ1v) is 15.8. The van der Waals surface area contributed by atoms with Gasteiger partial charge in [-0.1, -0.05) is 97.0 Å². The summed E-state index contributed by atoms with van der Waals surface area (Å²) in [6.45, 7) is 4.50. The average Bonchev–Trinajstić information content (AvgIpc) is 2.65. The van der Waals surface area contributed by atoms with E-state index < -0.39 is 5.69 Å². The van der Waals surface area contributed by atoms with Gasteiger partial charge in [0.05, 0.1) is 0 Å². The number of rotatable bonds is 18. The second kappa shape index (κ2) is 19.3. The fraction of sp³-hybridized carbons (Fsp3) is 0.750. The van der Waals surface area contributed by atoms with Crippen molar-refractivity contribution in [1.29, 1.82) is 0 Å². The van der Waals surface area contributed by atoms with Crippen molar-refractivity contribution >= 4 is 28.9 Å². The molecule has 0 fully saturated rings. The molecule has 1 aromatic rings. The molecule has 0 radical (unpaired) electrons. The van der Waals surface area contributed by atoms with Gasteiger partial charge in [0.15, 0.2) is 0 Å². The van der Waals surface area contributed by atoms with E-state index in [0.717, 1.165) is 29.1 Å². The molecule has 0 atom stereocenters. The van der Waals surface area contributed by atoms with E-state index in [0.29, 0.717) is 0 Å². The van der Waals surface area contributed by atoms with Gasteiger partial charge in [-0.15, -0.1) is 23.2 Å². The molecule has 0 aliphatic rings. The molecular formula is C24H41O2PS2Zn. The minimum Gasteiger partial charge on any atom is -0.824 e. The number of benzene rings is 1. The maximum Gasteiger partial charge on any atom is 2.00 e. The molecule has 0 unspecified atom stereocenters. The zero-order valence-electron chi connectivity index (χ0n) is 19.3. The van der Waals surface area contributed by atoms with E-state index in [1.54, 1.807) is 0 Å². The Bertz CT molecular complexity index is 556. The predicted octanol–water partition coefficient (Wildman–Crippen LogP) is 7.31. The Hall–Kier alpha value is 0.763. The summed E-state index contributed by atoms with van der Waals surface area (Å²) in [5.74, 6) is 0. The zero-order chi connectivity index (χ0) is 21.4. The third-order valence-electron chi connectivity index (χ3n) is 5.38. The molecule has 0 bridgehead atoms. The molecule has 0 saturated carbocycles. The van der Waals surface area contributed by atoms with Crippen LogP contribution in [0.25, 0.3) is 0 Å². The second-order valence-corrected chi connectivity index (χ2v) is 13.9. The normalized spacial score (nSPS) is 11.5. The fourth-order valence-corrected chi connectivity index (χ4v) is 6.30. The molecule has 0 aliphatic carbocycles. The first kappa shape index (κ1) is 30.8. The summed E-state index contributed by atoms with van der Waals surface area (Å²) in [6, 6.07) is 6.36. The molecule has 6 heteroatoms. The van der Waals surface area contributed by atoms with Crippen molar-refractivity contribution in [1.82, 2.24) is 0 Å². The summed E-state index contributed by atoms with van der Waals surface area (Å²) in [7, 11) is 0. The van der Waals surface area contributed by atoms with Gasteiger partial charge in [0.25, 0.3) is 0 Å². The molecule has 0 saturated heterocycles. The van der Waals surface area contributed by atoms with Crippen LogP contribution in [0.1, 0.15) is 115 Å². The van der Waals surface area contributed by atoms with Gasteiger partial charge in [-0.2, -0.15) is 5.69 Å². The van der Waals surface area contributed by atoms with Crippen molar-refractivity contribution in [3.63, 3.8) is 0 Å². The van der Waals surface area contributed by atoms with Gasteiger partial charge in [0, 0.05) is 4.90 Å². The van der Waals surface area contributed by atoms with Crippen LogP contribution in [0.15, 0.2) is 23.1 Å². The molecule has 0 spiro atoms. The van der Waals surface area contributed by atoms with Crippen LogP contribution < -0.4 is 9.79 Å². The largest absolute Gasteiger partial charge is 2.00 e. The number of unbranched alkanes of at least 4 members (excludes halogenated alkanes) is 12. The van der Waals surface area contributed by atoms with E-state index in [-0.39, 0.29) is 19.5 Å². The van der Waals surface area contributed by atoms with Crippen LogP contribution in [0, 0.1) is 0 Å². The molecule has 0 amide bonds. The first-order valence-electron chi connectivity index (χ1n) is 11.8. The standard InChI is InChI=1S/C24H43O2PS2.Zn/c1-3-5-7-9-11-13-15-17-22-19-23(18-16-14-12-10-8-6-4-2)21-24(20-22)29-27(25,26)28;/h19-21H,3-18H2,1-2H3,(H2,25,26,28);/q;+2/p-2. The summed E-state index contributed by atoms with van der Waals surface area (Å²) in [5.41, 5.74) is -1.24. The number of aryl methyl sites for hydroxylation is 2. The third-order valence-corrected chi connectivity index (χ3v) is 8.03. The molecule has 0 N–H and O–H groups in total. The van der Waals surface area contributed by atoms with Gasteiger partial charge in [-0.3, -0.25) is 0 Å². The molecule has 2 nitrogen and oxygen atoms in total. The Labute approximate surface area is 208 Å². The molecule has 1 rings (SSSR count). The molecule has 0 aromatic heterocycles. The Kier molecular flexibility index (Phi) is 19.7. The third kappa shape index (κ3) is 17.3. The van der Waals surface area contributed by atoms with Crippen LogP contribution >= 0.6 is 17.1 Å². The Balaban J connectivity index is 0.00000841. The van der Waals surface area contributed by atoms with Gasteiger partial charge in [0.1, 0.15) is 0 Å². The van der Waals surface area contributed by atoms with E-state index in [2.05, 4.69) is 31.7 Å². The summed E-state index contributed by atoms with van der Waals surface area (Å²) in [6.07, 6.45) is 20.2. The molecule has 0 heterocycles. The molecule has 30 heavy (non-hydrogen) atoms. The van der Waals surface area contributed by atoms with Crippen LogP contribution in [0.3, 0.4) is 0 Å². The number of hydrogen-bond donors (Lipinski definition) is 0. The Morgan fingerprint density at radius 3 is 1.40 bits per heavy atom. The van der Waals surface area contributed by atoms with Crippen molar-refractivity contribution in [3.05, 3.63) is 29.3 Å². The molecule has 168 valence electrons. The predicted molar refractivity (Wildman–Crippen MR) is 130 cm³/mol. The summed E-state index contributed by atoms with van der Waals surface area (Å²) in [4.78, 5) is 24.0. The number of hydrogen-bond acceptors (Lipinski definition) is 4. The van der Waals surface area contributed by atoms with Crippen LogP contribution in [0.2, 0.25) is 0 Å². The van der Waals surface area contributed by atoms with Crippen LogP contribution in [0.4, 0.5) is 0 Å². The quantitative estimate of drug-likeness (QED) is 0.115. The smallest absolute Gasteiger partial charge is 0.824 e. The van der Waals surface area contributed by atoms with Crippen LogP contribution in [-0.4, -0.2) is 0 Å². The van der Waals surface area contributed by atoms with E-state index in [1.165, 1.54) is 101 Å². The summed E-state index contributed by atoms with van der Waals surface area (Å²) >= 11 is 5.48. The fourth-order valence-electron chi connectivity index (χ4n) is 3.77.